The molecule has 17 heavy (non-hydrogen) atoms. The number of piperidine rings is 1. The predicted octanol–water partition coefficient (Wildman–Crippen LogP) is 2.08. The number of aliphatic hydroxyl groups excluding tert-OH is 1. The van der Waals surface area contributed by atoms with Gasteiger partial charge in [-0.15, -0.1) is 0 Å². The van der Waals surface area contributed by atoms with E-state index >= 15 is 0 Å². The van der Waals surface area contributed by atoms with Crippen molar-refractivity contribution in [2.75, 3.05) is 18.0 Å². The van der Waals surface area contributed by atoms with Crippen LogP contribution in [0.25, 0.3) is 0 Å². The van der Waals surface area contributed by atoms with Gasteiger partial charge in [0.25, 0.3) is 0 Å². The second kappa shape index (κ2) is 5.45. The fraction of sp³-hybridized carbons (Fsp3) is 0.692. The minimum Gasteiger partial charge on any atom is -0.392 e. The van der Waals surface area contributed by atoms with E-state index in [4.69, 9.17) is 0 Å². The maximum Gasteiger partial charge on any atom is 0.225 e. The van der Waals surface area contributed by atoms with Crippen LogP contribution >= 0.6 is 0 Å². The number of nitrogens with zero attached hydrogens (tertiary/aromatic N) is 3. The summed E-state index contributed by atoms with van der Waals surface area (Å²) >= 11 is 0. The molecule has 1 aliphatic heterocycles. The summed E-state index contributed by atoms with van der Waals surface area (Å²) in [4.78, 5) is 11.2. The first-order valence-electron chi connectivity index (χ1n) is 6.44. The zero-order valence-corrected chi connectivity index (χ0v) is 10.7. The first-order chi connectivity index (χ1) is 8.22. The summed E-state index contributed by atoms with van der Waals surface area (Å²) in [5, 5.41) is 9.27. The molecule has 94 valence electrons. The van der Waals surface area contributed by atoms with Crippen molar-refractivity contribution in [3.05, 3.63) is 17.5 Å². The van der Waals surface area contributed by atoms with Gasteiger partial charge in [-0.1, -0.05) is 13.8 Å². The topological polar surface area (TPSA) is 49.2 Å². The molecule has 1 aromatic heterocycles. The number of aromatic nitrogens is 2. The Morgan fingerprint density at radius 1 is 1.29 bits per heavy atom. The normalized spacial score (nSPS) is 16.6. The molecule has 1 aromatic rings. The highest BCUT2D eigenvalue weighted by Crippen LogP contribution is 2.21. The Labute approximate surface area is 103 Å². The number of rotatable bonds is 3. The van der Waals surface area contributed by atoms with Crippen LogP contribution < -0.4 is 4.90 Å². The van der Waals surface area contributed by atoms with Crippen LogP contribution in [0.4, 0.5) is 5.95 Å². The molecule has 1 fully saturated rings. The molecule has 0 saturated carbocycles. The van der Waals surface area contributed by atoms with E-state index in [-0.39, 0.29) is 6.61 Å². The fourth-order valence-corrected chi connectivity index (χ4v) is 2.28. The van der Waals surface area contributed by atoms with E-state index < -0.39 is 0 Å². The lowest BCUT2D eigenvalue weighted by Gasteiger charge is -2.27. The van der Waals surface area contributed by atoms with E-state index in [9.17, 15) is 5.11 Å². The first-order valence-corrected chi connectivity index (χ1v) is 6.44. The van der Waals surface area contributed by atoms with Gasteiger partial charge in [-0.05, 0) is 25.2 Å². The van der Waals surface area contributed by atoms with E-state index in [1.54, 1.807) is 6.20 Å². The quantitative estimate of drug-likeness (QED) is 0.871. The van der Waals surface area contributed by atoms with Crippen LogP contribution in [0.3, 0.4) is 0 Å². The van der Waals surface area contributed by atoms with Crippen molar-refractivity contribution in [3.8, 4) is 0 Å². The second-order valence-corrected chi connectivity index (χ2v) is 4.94. The monoisotopic (exact) mass is 235 g/mol. The highest BCUT2D eigenvalue weighted by molar-refractivity contribution is 5.34. The maximum absolute atomic E-state index is 9.27. The minimum atomic E-state index is 0.0216. The van der Waals surface area contributed by atoms with Gasteiger partial charge in [-0.2, -0.15) is 0 Å². The molecular weight excluding hydrogens is 214 g/mol. The van der Waals surface area contributed by atoms with Crippen LogP contribution in [0, 0.1) is 0 Å². The molecule has 0 amide bonds. The molecule has 2 rings (SSSR count). The summed E-state index contributed by atoms with van der Waals surface area (Å²) in [7, 11) is 0. The Kier molecular flexibility index (Phi) is 3.94. The largest absolute Gasteiger partial charge is 0.392 e. The van der Waals surface area contributed by atoms with Crippen molar-refractivity contribution >= 4 is 5.95 Å². The van der Waals surface area contributed by atoms with Crippen LogP contribution in [-0.2, 0) is 6.61 Å². The van der Waals surface area contributed by atoms with Crippen LogP contribution in [-0.4, -0.2) is 28.2 Å². The lowest BCUT2D eigenvalue weighted by Crippen LogP contribution is -2.31. The van der Waals surface area contributed by atoms with Crippen molar-refractivity contribution in [1.29, 1.82) is 0 Å². The molecule has 0 radical (unpaired) electrons. The number of hydrogen-bond acceptors (Lipinski definition) is 4. The Balaban J connectivity index is 2.26. The number of hydrogen-bond donors (Lipinski definition) is 1. The summed E-state index contributed by atoms with van der Waals surface area (Å²) in [6, 6.07) is 0. The third-order valence-corrected chi connectivity index (χ3v) is 3.24. The highest BCUT2D eigenvalue weighted by Gasteiger charge is 2.16. The third kappa shape index (κ3) is 2.75. The molecule has 0 atom stereocenters. The van der Waals surface area contributed by atoms with E-state index in [0.29, 0.717) is 5.92 Å². The highest BCUT2D eigenvalue weighted by atomic mass is 16.3. The van der Waals surface area contributed by atoms with Gasteiger partial charge in [0.1, 0.15) is 0 Å². The summed E-state index contributed by atoms with van der Waals surface area (Å²) < 4.78 is 0. The van der Waals surface area contributed by atoms with Gasteiger partial charge in [-0.25, -0.2) is 9.97 Å². The van der Waals surface area contributed by atoms with E-state index in [1.165, 1.54) is 19.3 Å². The van der Waals surface area contributed by atoms with E-state index in [0.717, 1.165) is 30.3 Å². The van der Waals surface area contributed by atoms with Crippen LogP contribution in [0.5, 0.6) is 0 Å². The first kappa shape index (κ1) is 12.3. The SMILES string of the molecule is CC(C)c1nc(N2CCCCC2)ncc1CO. The summed E-state index contributed by atoms with van der Waals surface area (Å²) in [5.41, 5.74) is 1.82. The molecule has 0 bridgehead atoms. The predicted molar refractivity (Wildman–Crippen MR) is 68.1 cm³/mol. The zero-order valence-electron chi connectivity index (χ0n) is 10.7. The molecule has 1 aliphatic rings. The van der Waals surface area contributed by atoms with Gasteiger partial charge < -0.3 is 10.0 Å². The van der Waals surface area contributed by atoms with Gasteiger partial charge in [0, 0.05) is 24.8 Å². The van der Waals surface area contributed by atoms with Gasteiger partial charge in [0.05, 0.1) is 12.3 Å². The molecular formula is C13H21N3O. The molecule has 1 N–H and O–H groups in total. The Morgan fingerprint density at radius 2 is 2.00 bits per heavy atom. The van der Waals surface area contributed by atoms with Crippen molar-refractivity contribution < 1.29 is 5.11 Å². The van der Waals surface area contributed by atoms with Gasteiger partial charge in [0.2, 0.25) is 5.95 Å². The lowest BCUT2D eigenvalue weighted by atomic mass is 10.1. The molecule has 0 aliphatic carbocycles. The van der Waals surface area contributed by atoms with E-state index in [2.05, 4.69) is 28.7 Å². The lowest BCUT2D eigenvalue weighted by molar-refractivity contribution is 0.279. The molecule has 0 unspecified atom stereocenters. The van der Waals surface area contributed by atoms with Crippen molar-refractivity contribution in [1.82, 2.24) is 9.97 Å². The second-order valence-electron chi connectivity index (χ2n) is 4.94. The average molecular weight is 235 g/mol. The van der Waals surface area contributed by atoms with Crippen molar-refractivity contribution in [3.63, 3.8) is 0 Å². The Hall–Kier alpha value is -1.16. The molecule has 4 nitrogen and oxygen atoms in total. The Bertz CT molecular complexity index is 373. The van der Waals surface area contributed by atoms with Gasteiger partial charge in [-0.3, -0.25) is 0 Å². The van der Waals surface area contributed by atoms with Gasteiger partial charge >= 0.3 is 0 Å². The zero-order chi connectivity index (χ0) is 12.3. The van der Waals surface area contributed by atoms with Crippen LogP contribution in [0.1, 0.15) is 50.3 Å². The molecule has 4 heteroatoms. The van der Waals surface area contributed by atoms with Gasteiger partial charge in [0.15, 0.2) is 0 Å². The average Bonchev–Trinajstić information content (AvgIpc) is 2.39. The maximum atomic E-state index is 9.27. The van der Waals surface area contributed by atoms with Crippen LogP contribution in [0.15, 0.2) is 6.20 Å². The number of anilines is 1. The molecule has 1 saturated heterocycles. The minimum absolute atomic E-state index is 0.0216. The summed E-state index contributed by atoms with van der Waals surface area (Å²) in [6.07, 6.45) is 5.53. The standard InChI is InChI=1S/C13H21N3O/c1-10(2)12-11(9-17)8-14-13(15-12)16-6-4-3-5-7-16/h8,10,17H,3-7,9H2,1-2H3. The van der Waals surface area contributed by atoms with Crippen molar-refractivity contribution in [2.24, 2.45) is 0 Å². The van der Waals surface area contributed by atoms with Crippen molar-refractivity contribution in [2.45, 2.75) is 45.6 Å². The molecule has 0 spiro atoms. The summed E-state index contributed by atoms with van der Waals surface area (Å²) in [6.45, 7) is 6.32. The Morgan fingerprint density at radius 3 is 2.59 bits per heavy atom. The van der Waals surface area contributed by atoms with Crippen LogP contribution in [0.2, 0.25) is 0 Å². The fourth-order valence-electron chi connectivity index (χ4n) is 2.28. The summed E-state index contributed by atoms with van der Waals surface area (Å²) in [5.74, 6) is 1.15. The van der Waals surface area contributed by atoms with E-state index in [1.807, 2.05) is 0 Å². The third-order valence-electron chi connectivity index (χ3n) is 3.24. The number of aliphatic hydroxyl groups is 1. The molecule has 0 aromatic carbocycles. The molecule has 2 heterocycles. The smallest absolute Gasteiger partial charge is 0.225 e.